The molecule has 0 spiro atoms. The number of carbonyl (C=O) groups is 3. The number of nitrogens with zero attached hydrogens (tertiary/aromatic N) is 2. The van der Waals surface area contributed by atoms with E-state index < -0.39 is 11.6 Å². The van der Waals surface area contributed by atoms with Crippen molar-refractivity contribution in [3.63, 3.8) is 0 Å². The van der Waals surface area contributed by atoms with Crippen molar-refractivity contribution in [2.75, 3.05) is 33.3 Å². The first-order valence-electron chi connectivity index (χ1n) is 14.1. The molecule has 8 nitrogen and oxygen atoms in total. The van der Waals surface area contributed by atoms with E-state index in [2.05, 4.69) is 41.5 Å². The number of fused-ring (bicyclic) bond motifs is 1. The second-order valence-electron chi connectivity index (χ2n) is 11.7. The lowest BCUT2D eigenvalue weighted by molar-refractivity contribution is -0.143. The smallest absolute Gasteiger partial charge is 0.252 e. The maximum Gasteiger partial charge on any atom is 0.252 e. The third kappa shape index (κ3) is 5.08. The third-order valence-corrected chi connectivity index (χ3v) is 9.19. The van der Waals surface area contributed by atoms with E-state index >= 15 is 0 Å². The van der Waals surface area contributed by atoms with Crippen molar-refractivity contribution in [1.29, 1.82) is 0 Å². The topological polar surface area (TPSA) is 91.0 Å². The van der Waals surface area contributed by atoms with Gasteiger partial charge >= 0.3 is 0 Å². The summed E-state index contributed by atoms with van der Waals surface area (Å²) in [6, 6.07) is 7.89. The molecule has 5 rings (SSSR count). The molecule has 37 heavy (non-hydrogen) atoms. The second-order valence-corrected chi connectivity index (χ2v) is 11.7. The van der Waals surface area contributed by atoms with Crippen LogP contribution in [0.3, 0.4) is 0 Å². The van der Waals surface area contributed by atoms with Crippen molar-refractivity contribution in [3.05, 3.63) is 35.4 Å². The first-order chi connectivity index (χ1) is 17.8. The number of benzene rings is 1. The minimum Gasteiger partial charge on any atom is -0.366 e. The van der Waals surface area contributed by atoms with E-state index in [0.717, 1.165) is 45.2 Å². The number of rotatable bonds is 6. The fourth-order valence-electron chi connectivity index (χ4n) is 6.89. The van der Waals surface area contributed by atoms with Gasteiger partial charge in [-0.2, -0.15) is 0 Å². The average Bonchev–Trinajstić information content (AvgIpc) is 3.49. The summed E-state index contributed by atoms with van der Waals surface area (Å²) >= 11 is 0. The molecule has 4 fully saturated rings. The van der Waals surface area contributed by atoms with Crippen LogP contribution in [0.5, 0.6) is 0 Å². The second kappa shape index (κ2) is 10.8. The molecule has 3 atom stereocenters. The molecular formula is C29H42N4O4. The third-order valence-electron chi connectivity index (χ3n) is 9.19. The lowest BCUT2D eigenvalue weighted by Crippen LogP contribution is -2.62. The Bertz CT molecular complexity index is 996. The zero-order valence-corrected chi connectivity index (χ0v) is 22.5. The maximum absolute atomic E-state index is 14.0. The van der Waals surface area contributed by atoms with Gasteiger partial charge in [0.15, 0.2) is 5.78 Å². The number of hydrogen-bond acceptors (Lipinski definition) is 6. The summed E-state index contributed by atoms with van der Waals surface area (Å²) in [5, 5.41) is 6.36. The highest BCUT2D eigenvalue weighted by Gasteiger charge is 2.55. The summed E-state index contributed by atoms with van der Waals surface area (Å²) in [5.74, 6) is 0.114. The molecule has 2 amide bonds. The summed E-state index contributed by atoms with van der Waals surface area (Å²) in [4.78, 5) is 44.3. The van der Waals surface area contributed by atoms with Gasteiger partial charge in [0.2, 0.25) is 5.91 Å². The lowest BCUT2D eigenvalue weighted by atomic mass is 9.80. The number of amides is 2. The molecule has 202 valence electrons. The van der Waals surface area contributed by atoms with E-state index in [1.807, 2.05) is 19.2 Å². The van der Waals surface area contributed by atoms with Crippen molar-refractivity contribution in [3.8, 4) is 0 Å². The summed E-state index contributed by atoms with van der Waals surface area (Å²) in [6.45, 7) is 7.17. The SMILES string of the molecule is CN[C@H]1CN(C(=O)C2(NC(=O)c3ccc(C4CCN(C(C)C)CC4)cc3)CCCCC2)[C@@H]2C(=O)CO[C@H]12. The van der Waals surface area contributed by atoms with Gasteiger partial charge in [-0.25, -0.2) is 0 Å². The molecule has 1 aliphatic carbocycles. The van der Waals surface area contributed by atoms with Crippen molar-refractivity contribution < 1.29 is 19.1 Å². The minimum atomic E-state index is -0.978. The van der Waals surface area contributed by atoms with Crippen molar-refractivity contribution in [2.45, 2.75) is 94.5 Å². The van der Waals surface area contributed by atoms with E-state index in [-0.39, 0.29) is 36.4 Å². The Kier molecular flexibility index (Phi) is 7.70. The highest BCUT2D eigenvalue weighted by Crippen LogP contribution is 2.36. The van der Waals surface area contributed by atoms with Crippen LogP contribution >= 0.6 is 0 Å². The first kappa shape index (κ1) is 26.3. The van der Waals surface area contributed by atoms with Gasteiger partial charge < -0.3 is 25.2 Å². The van der Waals surface area contributed by atoms with Crippen molar-refractivity contribution in [2.24, 2.45) is 0 Å². The van der Waals surface area contributed by atoms with Crippen LogP contribution in [0.25, 0.3) is 0 Å². The number of Topliss-reactive ketones (excluding diaryl/α,β-unsaturated/α-hetero) is 1. The number of ketones is 1. The predicted molar refractivity (Wildman–Crippen MR) is 142 cm³/mol. The highest BCUT2D eigenvalue weighted by molar-refractivity contribution is 6.01. The fraction of sp³-hybridized carbons (Fsp3) is 0.690. The van der Waals surface area contributed by atoms with Crippen LogP contribution in [0, 0.1) is 0 Å². The van der Waals surface area contributed by atoms with Crippen molar-refractivity contribution >= 4 is 17.6 Å². The van der Waals surface area contributed by atoms with E-state index in [1.54, 1.807) is 4.90 Å². The number of carbonyl (C=O) groups excluding carboxylic acids is 3. The summed E-state index contributed by atoms with van der Waals surface area (Å²) < 4.78 is 5.73. The number of piperidine rings is 1. The van der Waals surface area contributed by atoms with Crippen LogP contribution in [0.1, 0.15) is 80.6 Å². The Morgan fingerprint density at radius 2 is 1.73 bits per heavy atom. The van der Waals surface area contributed by atoms with Crippen LogP contribution in [-0.2, 0) is 14.3 Å². The summed E-state index contributed by atoms with van der Waals surface area (Å²) in [5.41, 5.74) is 0.881. The van der Waals surface area contributed by atoms with Crippen LogP contribution in [-0.4, -0.2) is 90.5 Å². The standard InChI is InChI=1S/C29H42N4O4/c1-19(2)32-15-11-21(12-16-32)20-7-9-22(10-8-20)27(35)31-29(13-5-4-6-14-29)28(36)33-17-23(30-3)26-25(33)24(34)18-37-26/h7-10,19,21,23,25-26,30H,4-6,11-18H2,1-3H3,(H,31,35)/t23-,25+,26+/m0/s1. The molecule has 1 aromatic carbocycles. The number of hydrogen-bond donors (Lipinski definition) is 2. The molecule has 0 aromatic heterocycles. The average molecular weight is 511 g/mol. The normalized spacial score (nSPS) is 28.5. The number of likely N-dealkylation sites (tertiary alicyclic amines) is 2. The molecule has 3 heterocycles. The molecule has 4 aliphatic rings. The molecule has 2 N–H and O–H groups in total. The van der Waals surface area contributed by atoms with Gasteiger partial charge in [0, 0.05) is 18.2 Å². The minimum absolute atomic E-state index is 0.0412. The number of nitrogens with one attached hydrogen (secondary N) is 2. The maximum atomic E-state index is 14.0. The highest BCUT2D eigenvalue weighted by atomic mass is 16.5. The van der Waals surface area contributed by atoms with Gasteiger partial charge in [-0.3, -0.25) is 14.4 Å². The number of likely N-dealkylation sites (N-methyl/N-ethyl adjacent to an activating group) is 1. The number of ether oxygens (including phenoxy) is 1. The van der Waals surface area contributed by atoms with Gasteiger partial charge in [-0.05, 0) is 83.3 Å². The molecule has 1 aromatic rings. The van der Waals surface area contributed by atoms with Gasteiger partial charge in [0.1, 0.15) is 24.3 Å². The Balaban J connectivity index is 1.29. The van der Waals surface area contributed by atoms with Gasteiger partial charge in [-0.15, -0.1) is 0 Å². The van der Waals surface area contributed by atoms with Crippen LogP contribution < -0.4 is 10.6 Å². The van der Waals surface area contributed by atoms with Gasteiger partial charge in [0.25, 0.3) is 5.91 Å². The Morgan fingerprint density at radius 3 is 2.35 bits per heavy atom. The Morgan fingerprint density at radius 1 is 1.05 bits per heavy atom. The van der Waals surface area contributed by atoms with E-state index in [4.69, 9.17) is 4.74 Å². The van der Waals surface area contributed by atoms with Gasteiger partial charge in [-0.1, -0.05) is 31.4 Å². The molecule has 3 saturated heterocycles. The summed E-state index contributed by atoms with van der Waals surface area (Å²) in [6.07, 6.45) is 5.93. The van der Waals surface area contributed by atoms with E-state index in [0.29, 0.717) is 36.9 Å². The molecular weight excluding hydrogens is 468 g/mol. The first-order valence-corrected chi connectivity index (χ1v) is 14.1. The Labute approximate surface area is 220 Å². The molecule has 0 bridgehead atoms. The predicted octanol–water partition coefficient (Wildman–Crippen LogP) is 2.47. The fourth-order valence-corrected chi connectivity index (χ4v) is 6.89. The van der Waals surface area contributed by atoms with Crippen molar-refractivity contribution in [1.82, 2.24) is 20.4 Å². The zero-order chi connectivity index (χ0) is 26.2. The monoisotopic (exact) mass is 510 g/mol. The molecule has 1 saturated carbocycles. The summed E-state index contributed by atoms with van der Waals surface area (Å²) in [7, 11) is 1.83. The zero-order valence-electron chi connectivity index (χ0n) is 22.5. The molecule has 0 unspecified atom stereocenters. The lowest BCUT2D eigenvalue weighted by Gasteiger charge is -2.40. The molecule has 3 aliphatic heterocycles. The van der Waals surface area contributed by atoms with Crippen LogP contribution in [0.4, 0.5) is 0 Å². The largest absolute Gasteiger partial charge is 0.366 e. The van der Waals surface area contributed by atoms with Crippen LogP contribution in [0.15, 0.2) is 24.3 Å². The molecule has 0 radical (unpaired) electrons. The van der Waals surface area contributed by atoms with Crippen LogP contribution in [0.2, 0.25) is 0 Å². The Hall–Kier alpha value is -2.29. The van der Waals surface area contributed by atoms with E-state index in [9.17, 15) is 14.4 Å². The quantitative estimate of drug-likeness (QED) is 0.611. The van der Waals surface area contributed by atoms with Gasteiger partial charge in [0.05, 0.1) is 6.04 Å². The molecule has 8 heteroatoms. The van der Waals surface area contributed by atoms with E-state index in [1.165, 1.54) is 5.56 Å².